The summed E-state index contributed by atoms with van der Waals surface area (Å²) >= 11 is 6.17. The summed E-state index contributed by atoms with van der Waals surface area (Å²) in [6, 6.07) is 6.12. The van der Waals surface area contributed by atoms with Crippen molar-refractivity contribution in [3.63, 3.8) is 0 Å². The van der Waals surface area contributed by atoms with E-state index in [1.807, 2.05) is 6.07 Å². The van der Waals surface area contributed by atoms with E-state index >= 15 is 0 Å². The van der Waals surface area contributed by atoms with Crippen molar-refractivity contribution < 1.29 is 9.84 Å². The van der Waals surface area contributed by atoms with Crippen molar-refractivity contribution >= 4 is 17.3 Å². The summed E-state index contributed by atoms with van der Waals surface area (Å²) in [4.78, 5) is 2.39. The minimum Gasteiger partial charge on any atom is -0.394 e. The van der Waals surface area contributed by atoms with Gasteiger partial charge in [0.25, 0.3) is 0 Å². The Kier molecular flexibility index (Phi) is 6.77. The first kappa shape index (κ1) is 16.6. The van der Waals surface area contributed by atoms with E-state index in [4.69, 9.17) is 21.4 Å². The molecule has 1 saturated heterocycles. The predicted octanol–water partition coefficient (Wildman–Crippen LogP) is 2.43. The van der Waals surface area contributed by atoms with Gasteiger partial charge in [-0.05, 0) is 37.1 Å². The molecule has 2 N–H and O–H groups in total. The molecule has 0 aromatic heterocycles. The molecule has 4 nitrogen and oxygen atoms in total. The second-order valence-corrected chi connectivity index (χ2v) is 5.77. The van der Waals surface area contributed by atoms with Crippen LogP contribution in [-0.4, -0.2) is 44.1 Å². The molecule has 0 bridgehead atoms. The average molecular weight is 313 g/mol. The Morgan fingerprint density at radius 1 is 1.38 bits per heavy atom. The minimum atomic E-state index is 0.0986. The molecule has 1 aliphatic rings. The van der Waals surface area contributed by atoms with E-state index in [0.29, 0.717) is 6.61 Å². The third-order valence-corrected chi connectivity index (χ3v) is 4.08. The van der Waals surface area contributed by atoms with Crippen LogP contribution in [0.4, 0.5) is 5.69 Å². The van der Waals surface area contributed by atoms with Crippen LogP contribution in [-0.2, 0) is 11.3 Å². The standard InChI is InChI=1S/C16H25ClN2O2/c1-2-18-12-13-3-4-14(17)11-16(13)19-7-5-15(6-8-19)21-10-9-20/h3-4,11,15,18,20H,2,5-10,12H2,1H3. The number of aliphatic hydroxyl groups is 1. The van der Waals surface area contributed by atoms with E-state index in [9.17, 15) is 0 Å². The molecule has 0 unspecified atom stereocenters. The second kappa shape index (κ2) is 8.59. The number of aliphatic hydroxyl groups excluding tert-OH is 1. The molecule has 0 spiro atoms. The molecule has 1 heterocycles. The van der Waals surface area contributed by atoms with E-state index in [-0.39, 0.29) is 12.7 Å². The first-order chi connectivity index (χ1) is 10.2. The van der Waals surface area contributed by atoms with Crippen LogP contribution in [0.25, 0.3) is 0 Å². The van der Waals surface area contributed by atoms with E-state index in [1.165, 1.54) is 11.3 Å². The summed E-state index contributed by atoms with van der Waals surface area (Å²) in [7, 11) is 0. The molecular weight excluding hydrogens is 288 g/mol. The molecule has 2 rings (SSSR count). The fourth-order valence-electron chi connectivity index (χ4n) is 2.72. The molecule has 0 radical (unpaired) electrons. The van der Waals surface area contributed by atoms with Gasteiger partial charge in [-0.2, -0.15) is 0 Å². The molecule has 0 saturated carbocycles. The van der Waals surface area contributed by atoms with Crippen LogP contribution < -0.4 is 10.2 Å². The van der Waals surface area contributed by atoms with Crippen LogP contribution in [0, 0.1) is 0 Å². The van der Waals surface area contributed by atoms with Gasteiger partial charge in [0.1, 0.15) is 0 Å². The average Bonchev–Trinajstić information content (AvgIpc) is 2.52. The van der Waals surface area contributed by atoms with Crippen molar-refractivity contribution in [1.82, 2.24) is 5.32 Å². The van der Waals surface area contributed by atoms with Gasteiger partial charge >= 0.3 is 0 Å². The fraction of sp³-hybridized carbons (Fsp3) is 0.625. The van der Waals surface area contributed by atoms with Gasteiger partial charge in [0.2, 0.25) is 0 Å². The number of nitrogens with one attached hydrogen (secondary N) is 1. The molecule has 1 fully saturated rings. The summed E-state index contributed by atoms with van der Waals surface area (Å²) in [5.41, 5.74) is 2.51. The van der Waals surface area contributed by atoms with Crippen LogP contribution in [0.15, 0.2) is 18.2 Å². The van der Waals surface area contributed by atoms with Gasteiger partial charge in [-0.1, -0.05) is 24.6 Å². The lowest BCUT2D eigenvalue weighted by Crippen LogP contribution is -2.38. The number of piperidine rings is 1. The first-order valence-electron chi connectivity index (χ1n) is 7.71. The topological polar surface area (TPSA) is 44.7 Å². The highest BCUT2D eigenvalue weighted by Gasteiger charge is 2.21. The highest BCUT2D eigenvalue weighted by Crippen LogP contribution is 2.28. The fourth-order valence-corrected chi connectivity index (χ4v) is 2.89. The second-order valence-electron chi connectivity index (χ2n) is 5.33. The van der Waals surface area contributed by atoms with Crippen LogP contribution in [0.2, 0.25) is 5.02 Å². The van der Waals surface area contributed by atoms with Crippen LogP contribution in [0.5, 0.6) is 0 Å². The number of anilines is 1. The van der Waals surface area contributed by atoms with Crippen LogP contribution in [0.1, 0.15) is 25.3 Å². The summed E-state index contributed by atoms with van der Waals surface area (Å²) in [6.07, 6.45) is 2.25. The Bertz CT molecular complexity index is 434. The van der Waals surface area contributed by atoms with E-state index < -0.39 is 0 Å². The largest absolute Gasteiger partial charge is 0.394 e. The van der Waals surface area contributed by atoms with E-state index in [1.54, 1.807) is 0 Å². The summed E-state index contributed by atoms with van der Waals surface area (Å²) in [6.45, 7) is 6.41. The molecular formula is C16H25ClN2O2. The lowest BCUT2D eigenvalue weighted by atomic mass is 10.0. The van der Waals surface area contributed by atoms with Gasteiger partial charge < -0.3 is 20.1 Å². The summed E-state index contributed by atoms with van der Waals surface area (Å²) < 4.78 is 5.62. The van der Waals surface area contributed by atoms with Crippen molar-refractivity contribution in [3.05, 3.63) is 28.8 Å². The van der Waals surface area contributed by atoms with Crippen molar-refractivity contribution in [2.45, 2.75) is 32.4 Å². The Balaban J connectivity index is 1.99. The lowest BCUT2D eigenvalue weighted by Gasteiger charge is -2.34. The highest BCUT2D eigenvalue weighted by molar-refractivity contribution is 6.30. The molecule has 0 atom stereocenters. The quantitative estimate of drug-likeness (QED) is 0.811. The normalized spacial score (nSPS) is 16.4. The van der Waals surface area contributed by atoms with Crippen molar-refractivity contribution in [3.8, 4) is 0 Å². The van der Waals surface area contributed by atoms with E-state index in [2.05, 4.69) is 29.3 Å². The monoisotopic (exact) mass is 312 g/mol. The number of hydrogen-bond donors (Lipinski definition) is 2. The number of benzene rings is 1. The minimum absolute atomic E-state index is 0.0986. The zero-order valence-corrected chi connectivity index (χ0v) is 13.4. The number of nitrogens with zero attached hydrogens (tertiary/aromatic N) is 1. The zero-order valence-electron chi connectivity index (χ0n) is 12.6. The van der Waals surface area contributed by atoms with Gasteiger partial charge in [0, 0.05) is 30.3 Å². The molecule has 1 aromatic carbocycles. The number of ether oxygens (including phenoxy) is 1. The zero-order chi connectivity index (χ0) is 15.1. The number of hydrogen-bond acceptors (Lipinski definition) is 4. The predicted molar refractivity (Wildman–Crippen MR) is 87.1 cm³/mol. The van der Waals surface area contributed by atoms with Gasteiger partial charge in [-0.25, -0.2) is 0 Å². The molecule has 0 aliphatic carbocycles. The molecule has 118 valence electrons. The molecule has 0 amide bonds. The third-order valence-electron chi connectivity index (χ3n) is 3.84. The van der Waals surface area contributed by atoms with Gasteiger partial charge in [0.15, 0.2) is 0 Å². The maximum atomic E-state index is 8.82. The van der Waals surface area contributed by atoms with Crippen LogP contribution in [0.3, 0.4) is 0 Å². The van der Waals surface area contributed by atoms with Crippen molar-refractivity contribution in [1.29, 1.82) is 0 Å². The Hall–Kier alpha value is -0.810. The first-order valence-corrected chi connectivity index (χ1v) is 8.09. The number of rotatable bonds is 7. The lowest BCUT2D eigenvalue weighted by molar-refractivity contribution is 0.0159. The summed E-state index contributed by atoms with van der Waals surface area (Å²) in [5, 5.41) is 13.0. The SMILES string of the molecule is CCNCc1ccc(Cl)cc1N1CCC(OCCO)CC1. The van der Waals surface area contributed by atoms with Gasteiger partial charge in [0.05, 0.1) is 19.3 Å². The third kappa shape index (κ3) is 4.85. The van der Waals surface area contributed by atoms with Gasteiger partial charge in [-0.3, -0.25) is 0 Å². The molecule has 21 heavy (non-hydrogen) atoms. The summed E-state index contributed by atoms with van der Waals surface area (Å²) in [5.74, 6) is 0. The van der Waals surface area contributed by atoms with Gasteiger partial charge in [-0.15, -0.1) is 0 Å². The van der Waals surface area contributed by atoms with Crippen molar-refractivity contribution in [2.75, 3.05) is 37.7 Å². The maximum Gasteiger partial charge on any atom is 0.0701 e. The van der Waals surface area contributed by atoms with Crippen LogP contribution >= 0.6 is 11.6 Å². The number of halogens is 1. The Labute approximate surface area is 132 Å². The highest BCUT2D eigenvalue weighted by atomic mass is 35.5. The molecule has 1 aliphatic heterocycles. The van der Waals surface area contributed by atoms with Crippen molar-refractivity contribution in [2.24, 2.45) is 0 Å². The Morgan fingerprint density at radius 3 is 2.81 bits per heavy atom. The molecule has 1 aromatic rings. The van der Waals surface area contributed by atoms with E-state index in [0.717, 1.165) is 44.0 Å². The Morgan fingerprint density at radius 2 is 2.14 bits per heavy atom. The maximum absolute atomic E-state index is 8.82. The smallest absolute Gasteiger partial charge is 0.0701 e. The molecule has 5 heteroatoms.